The second-order valence-electron chi connectivity index (χ2n) is 10.7. The van der Waals surface area contributed by atoms with Gasteiger partial charge in [-0.3, -0.25) is 33.6 Å². The number of nitrogens with one attached hydrogen (secondary N) is 2. The van der Waals surface area contributed by atoms with Crippen molar-refractivity contribution in [3.63, 3.8) is 0 Å². The molecule has 4 rings (SSSR count). The minimum Gasteiger partial charge on any atom is -0.382 e. The highest BCUT2D eigenvalue weighted by molar-refractivity contribution is 6.37. The van der Waals surface area contributed by atoms with Crippen molar-refractivity contribution in [3.05, 3.63) is 69.8 Å². The normalized spacial score (nSPS) is 17.0. The molecule has 0 fully saturated rings. The molecule has 13 nitrogen and oxygen atoms in total. The van der Waals surface area contributed by atoms with E-state index in [-0.39, 0.29) is 46.5 Å². The second-order valence-corrected chi connectivity index (χ2v) is 10.7. The summed E-state index contributed by atoms with van der Waals surface area (Å²) in [5, 5.41) is 5.71. The molecule has 46 heavy (non-hydrogen) atoms. The van der Waals surface area contributed by atoms with Crippen molar-refractivity contribution in [1.29, 1.82) is 0 Å². The molecule has 0 aromatic heterocycles. The zero-order valence-electron chi connectivity index (χ0n) is 25.7. The molecule has 0 saturated carbocycles. The Morgan fingerprint density at radius 1 is 0.565 bits per heavy atom. The Kier molecular flexibility index (Phi) is 12.4. The first kappa shape index (κ1) is 34.8. The van der Waals surface area contributed by atoms with Crippen molar-refractivity contribution in [2.24, 2.45) is 11.8 Å². The summed E-state index contributed by atoms with van der Waals surface area (Å²) in [5.41, 5.74) is 0.141. The van der Waals surface area contributed by atoms with Crippen LogP contribution < -0.4 is 10.6 Å². The van der Waals surface area contributed by atoms with Crippen LogP contribution in [-0.4, -0.2) is 121 Å². The summed E-state index contributed by atoms with van der Waals surface area (Å²) in [5.74, 6) is -7.40. The molecule has 0 spiro atoms. The molecule has 2 aliphatic rings. The van der Waals surface area contributed by atoms with Crippen molar-refractivity contribution < 1.29 is 52.5 Å². The van der Waals surface area contributed by atoms with Crippen LogP contribution in [-0.2, 0) is 28.5 Å². The number of benzene rings is 2. The van der Waals surface area contributed by atoms with Crippen molar-refractivity contribution in [1.82, 2.24) is 10.6 Å². The predicted octanol–water partition coefficient (Wildman–Crippen LogP) is 0.551. The number of methoxy groups -OCH3 is 2. The molecule has 0 heterocycles. The number of carbonyl (C=O) groups is 7. The van der Waals surface area contributed by atoms with E-state index < -0.39 is 52.3 Å². The lowest BCUT2D eigenvalue weighted by Crippen LogP contribution is -2.35. The zero-order chi connectivity index (χ0) is 33.2. The average molecular weight is 637 g/mol. The molecular weight excluding hydrogens is 600 g/mol. The SMILES string of the molecule is COCCOCCNCC(=O)C1C(=O)c2ccc(C(=O)c3ccc4c(c3)C(=O)C(C(=O)CNCCOCCOC)C4=O)cc2C1=O. The lowest BCUT2D eigenvalue weighted by molar-refractivity contribution is -0.120. The minimum absolute atomic E-state index is 0.0354. The largest absolute Gasteiger partial charge is 0.382 e. The quantitative estimate of drug-likeness (QED) is 0.117. The molecule has 2 N–H and O–H groups in total. The van der Waals surface area contributed by atoms with Gasteiger partial charge in [0.2, 0.25) is 0 Å². The van der Waals surface area contributed by atoms with E-state index in [1.54, 1.807) is 14.2 Å². The predicted molar refractivity (Wildman–Crippen MR) is 162 cm³/mol. The molecular formula is C33H36N2O11. The second kappa shape index (κ2) is 16.5. The van der Waals surface area contributed by atoms with E-state index >= 15 is 0 Å². The lowest BCUT2D eigenvalue weighted by Gasteiger charge is -2.08. The number of Topliss-reactive ketones (excluding diaryl/α,β-unsaturated/α-hetero) is 6. The van der Waals surface area contributed by atoms with E-state index in [0.717, 1.165) is 0 Å². The standard InChI is InChI=1S/C33H36N2O11/c1-43-11-13-45-9-7-34-17-25(36)27-30(39)21-5-3-19(15-23(21)32(27)41)29(38)20-4-6-22-24(16-20)33(42)28(31(22)40)26(37)18-35-8-10-46-14-12-44-2/h3-6,15-16,27-28,34-35H,7-14,17-18H2,1-2H3. The number of fused-ring (bicyclic) bond motifs is 2. The zero-order valence-corrected chi connectivity index (χ0v) is 25.7. The highest BCUT2D eigenvalue weighted by atomic mass is 16.5. The molecule has 0 bridgehead atoms. The molecule has 0 radical (unpaired) electrons. The highest BCUT2D eigenvalue weighted by Gasteiger charge is 2.44. The van der Waals surface area contributed by atoms with Crippen LogP contribution in [0.5, 0.6) is 0 Å². The summed E-state index contributed by atoms with van der Waals surface area (Å²) in [6.45, 7) is 2.55. The van der Waals surface area contributed by atoms with Gasteiger partial charge in [-0.1, -0.05) is 12.1 Å². The van der Waals surface area contributed by atoms with Crippen molar-refractivity contribution in [2.45, 2.75) is 0 Å². The first-order valence-corrected chi connectivity index (χ1v) is 14.8. The monoisotopic (exact) mass is 636 g/mol. The Morgan fingerprint density at radius 2 is 0.957 bits per heavy atom. The summed E-state index contributed by atoms with van der Waals surface area (Å²) in [6, 6.07) is 7.93. The molecule has 2 aliphatic carbocycles. The molecule has 0 aliphatic heterocycles. The third-order valence-corrected chi connectivity index (χ3v) is 7.63. The number of rotatable bonds is 20. The van der Waals surface area contributed by atoms with E-state index in [9.17, 15) is 33.6 Å². The average Bonchev–Trinajstić information content (AvgIpc) is 3.46. The van der Waals surface area contributed by atoms with Crippen molar-refractivity contribution in [2.75, 3.05) is 80.0 Å². The molecule has 2 aromatic rings. The molecule has 13 heteroatoms. The van der Waals surface area contributed by atoms with Gasteiger partial charge in [-0.15, -0.1) is 0 Å². The van der Waals surface area contributed by atoms with Gasteiger partial charge < -0.3 is 29.6 Å². The van der Waals surface area contributed by atoms with Crippen LogP contribution in [0.25, 0.3) is 0 Å². The van der Waals surface area contributed by atoms with Crippen LogP contribution in [0.4, 0.5) is 0 Å². The Hall–Kier alpha value is -4.11. The number of ether oxygens (including phenoxy) is 4. The van der Waals surface area contributed by atoms with Crippen LogP contribution >= 0.6 is 0 Å². The van der Waals surface area contributed by atoms with Crippen molar-refractivity contribution in [3.8, 4) is 0 Å². The maximum Gasteiger partial charge on any atom is 0.193 e. The molecule has 2 aromatic carbocycles. The van der Waals surface area contributed by atoms with Gasteiger partial charge >= 0.3 is 0 Å². The van der Waals surface area contributed by atoms with Gasteiger partial charge in [-0.25, -0.2) is 0 Å². The van der Waals surface area contributed by atoms with Gasteiger partial charge in [0.25, 0.3) is 0 Å². The van der Waals surface area contributed by atoms with E-state index in [1.807, 2.05) is 0 Å². The number of hydrogen-bond donors (Lipinski definition) is 2. The van der Waals surface area contributed by atoms with Crippen LogP contribution in [0, 0.1) is 11.8 Å². The third kappa shape index (κ3) is 7.81. The smallest absolute Gasteiger partial charge is 0.193 e. The summed E-state index contributed by atoms with van der Waals surface area (Å²) >= 11 is 0. The number of carbonyl (C=O) groups excluding carboxylic acids is 7. The van der Waals surface area contributed by atoms with E-state index in [4.69, 9.17) is 18.9 Å². The van der Waals surface area contributed by atoms with Gasteiger partial charge in [0.1, 0.15) is 11.8 Å². The topological polar surface area (TPSA) is 180 Å². The van der Waals surface area contributed by atoms with Gasteiger partial charge in [0.05, 0.1) is 52.7 Å². The molecule has 0 saturated heterocycles. The number of ketones is 7. The van der Waals surface area contributed by atoms with Crippen LogP contribution in [0.3, 0.4) is 0 Å². The fourth-order valence-electron chi connectivity index (χ4n) is 5.22. The Balaban J connectivity index is 1.38. The van der Waals surface area contributed by atoms with E-state index in [1.165, 1.54) is 36.4 Å². The van der Waals surface area contributed by atoms with Gasteiger partial charge in [-0.2, -0.15) is 0 Å². The van der Waals surface area contributed by atoms with Crippen LogP contribution in [0.2, 0.25) is 0 Å². The first-order chi connectivity index (χ1) is 22.2. The van der Waals surface area contributed by atoms with E-state index in [2.05, 4.69) is 10.6 Å². The Bertz CT molecular complexity index is 1420. The molecule has 2 unspecified atom stereocenters. The maximum absolute atomic E-state index is 13.4. The van der Waals surface area contributed by atoms with Gasteiger partial charge in [0, 0.05) is 60.7 Å². The Morgan fingerprint density at radius 3 is 1.35 bits per heavy atom. The van der Waals surface area contributed by atoms with Crippen LogP contribution in [0.15, 0.2) is 36.4 Å². The van der Waals surface area contributed by atoms with Crippen LogP contribution in [0.1, 0.15) is 57.4 Å². The third-order valence-electron chi connectivity index (χ3n) is 7.63. The molecule has 244 valence electrons. The lowest BCUT2D eigenvalue weighted by atomic mass is 9.96. The first-order valence-electron chi connectivity index (χ1n) is 14.8. The minimum atomic E-state index is -1.50. The van der Waals surface area contributed by atoms with Gasteiger partial charge in [0.15, 0.2) is 40.5 Å². The molecule has 2 atom stereocenters. The Labute approximate surface area is 265 Å². The fourth-order valence-corrected chi connectivity index (χ4v) is 5.22. The fraction of sp³-hybridized carbons (Fsp3) is 0.424. The number of hydrogen-bond acceptors (Lipinski definition) is 13. The summed E-state index contributed by atoms with van der Waals surface area (Å²) in [6.07, 6.45) is 0. The summed E-state index contributed by atoms with van der Waals surface area (Å²) in [4.78, 5) is 90.9. The van der Waals surface area contributed by atoms with E-state index in [0.29, 0.717) is 52.7 Å². The van der Waals surface area contributed by atoms with Crippen molar-refractivity contribution >= 4 is 40.5 Å². The summed E-state index contributed by atoms with van der Waals surface area (Å²) < 4.78 is 20.4. The molecule has 0 amide bonds. The maximum atomic E-state index is 13.4. The van der Waals surface area contributed by atoms with Gasteiger partial charge in [-0.05, 0) is 24.3 Å². The highest BCUT2D eigenvalue weighted by Crippen LogP contribution is 2.31. The summed E-state index contributed by atoms with van der Waals surface area (Å²) in [7, 11) is 3.10.